The lowest BCUT2D eigenvalue weighted by Gasteiger charge is -2.14. The van der Waals surface area contributed by atoms with Gasteiger partial charge >= 0.3 is 5.97 Å². The molecule has 1 saturated carbocycles. The third kappa shape index (κ3) is 1.99. The van der Waals surface area contributed by atoms with Crippen molar-refractivity contribution in [2.24, 2.45) is 5.92 Å². The Morgan fingerprint density at radius 2 is 2.42 bits per heavy atom. The molecule has 0 unspecified atom stereocenters. The number of carboxylic acids is 1. The van der Waals surface area contributed by atoms with Crippen LogP contribution >= 0.6 is 0 Å². The van der Waals surface area contributed by atoms with E-state index in [9.17, 15) is 4.79 Å². The molecular formula is C9H12O3. The van der Waals surface area contributed by atoms with Gasteiger partial charge in [0.15, 0.2) is 0 Å². The van der Waals surface area contributed by atoms with Gasteiger partial charge < -0.3 is 9.84 Å². The van der Waals surface area contributed by atoms with Crippen molar-refractivity contribution in [3.63, 3.8) is 0 Å². The Morgan fingerprint density at radius 1 is 1.67 bits per heavy atom. The minimum atomic E-state index is -0.769. The van der Waals surface area contributed by atoms with E-state index in [-0.39, 0.29) is 18.6 Å². The van der Waals surface area contributed by atoms with Gasteiger partial charge in [-0.1, -0.05) is 5.92 Å². The zero-order valence-corrected chi connectivity index (χ0v) is 6.82. The van der Waals surface area contributed by atoms with E-state index in [0.717, 1.165) is 12.8 Å². The first-order chi connectivity index (χ1) is 5.75. The second-order valence-corrected chi connectivity index (χ2v) is 2.93. The minimum absolute atomic E-state index is 0.168. The lowest BCUT2D eigenvalue weighted by atomic mass is 10.1. The number of terminal acetylenes is 1. The fourth-order valence-corrected chi connectivity index (χ4v) is 1.56. The van der Waals surface area contributed by atoms with E-state index in [1.54, 1.807) is 0 Å². The molecule has 3 heteroatoms. The van der Waals surface area contributed by atoms with Gasteiger partial charge in [0, 0.05) is 0 Å². The number of hydrogen-bond acceptors (Lipinski definition) is 2. The van der Waals surface area contributed by atoms with Gasteiger partial charge in [0.05, 0.1) is 12.0 Å². The molecule has 1 fully saturated rings. The van der Waals surface area contributed by atoms with Crippen LogP contribution in [0.5, 0.6) is 0 Å². The molecule has 1 rings (SSSR count). The van der Waals surface area contributed by atoms with E-state index in [1.807, 2.05) is 0 Å². The maximum atomic E-state index is 10.6. The Balaban J connectivity index is 2.42. The summed E-state index contributed by atoms with van der Waals surface area (Å²) in [5.74, 6) is 1.22. The molecule has 0 radical (unpaired) electrons. The molecule has 2 atom stereocenters. The first-order valence-corrected chi connectivity index (χ1v) is 4.03. The molecule has 0 aromatic carbocycles. The van der Waals surface area contributed by atoms with Gasteiger partial charge in [-0.25, -0.2) is 0 Å². The summed E-state index contributed by atoms with van der Waals surface area (Å²) >= 11 is 0. The second-order valence-electron chi connectivity index (χ2n) is 2.93. The van der Waals surface area contributed by atoms with Gasteiger partial charge in [0.2, 0.25) is 0 Å². The molecular weight excluding hydrogens is 156 g/mol. The largest absolute Gasteiger partial charge is 0.481 e. The third-order valence-corrected chi connectivity index (χ3v) is 2.15. The van der Waals surface area contributed by atoms with Crippen LogP contribution in [0.25, 0.3) is 0 Å². The van der Waals surface area contributed by atoms with E-state index >= 15 is 0 Å². The normalized spacial score (nSPS) is 28.2. The average Bonchev–Trinajstić information content (AvgIpc) is 2.48. The highest BCUT2D eigenvalue weighted by molar-refractivity contribution is 5.71. The molecule has 0 heterocycles. The van der Waals surface area contributed by atoms with Gasteiger partial charge in [-0.15, -0.1) is 6.42 Å². The molecule has 0 bridgehead atoms. The summed E-state index contributed by atoms with van der Waals surface area (Å²) in [6, 6.07) is 0. The summed E-state index contributed by atoms with van der Waals surface area (Å²) in [5, 5.41) is 8.75. The van der Waals surface area contributed by atoms with Crippen molar-refractivity contribution < 1.29 is 14.6 Å². The Labute approximate surface area is 71.7 Å². The number of carbonyl (C=O) groups is 1. The monoisotopic (exact) mass is 168 g/mol. The molecule has 0 saturated heterocycles. The van der Waals surface area contributed by atoms with Crippen molar-refractivity contribution in [3.8, 4) is 12.3 Å². The van der Waals surface area contributed by atoms with E-state index in [4.69, 9.17) is 16.3 Å². The van der Waals surface area contributed by atoms with Gasteiger partial charge in [-0.2, -0.15) is 0 Å². The van der Waals surface area contributed by atoms with Crippen LogP contribution in [0.4, 0.5) is 0 Å². The fraction of sp³-hybridized carbons (Fsp3) is 0.667. The van der Waals surface area contributed by atoms with Crippen LogP contribution < -0.4 is 0 Å². The summed E-state index contributed by atoms with van der Waals surface area (Å²) in [6.07, 6.45) is 7.29. The highest BCUT2D eigenvalue weighted by Crippen LogP contribution is 2.28. The molecule has 1 aliphatic carbocycles. The molecule has 0 aromatic rings. The van der Waals surface area contributed by atoms with Crippen molar-refractivity contribution in [1.29, 1.82) is 0 Å². The zero-order valence-electron chi connectivity index (χ0n) is 6.82. The molecule has 1 aliphatic rings. The maximum Gasteiger partial charge on any atom is 0.309 e. The topological polar surface area (TPSA) is 46.5 Å². The maximum absolute atomic E-state index is 10.6. The summed E-state index contributed by atoms with van der Waals surface area (Å²) in [4.78, 5) is 10.6. The van der Waals surface area contributed by atoms with E-state index in [2.05, 4.69) is 5.92 Å². The molecule has 0 aromatic heterocycles. The molecule has 66 valence electrons. The van der Waals surface area contributed by atoms with Crippen molar-refractivity contribution >= 4 is 5.97 Å². The van der Waals surface area contributed by atoms with Crippen molar-refractivity contribution in [2.45, 2.75) is 25.4 Å². The Hall–Kier alpha value is -1.01. The summed E-state index contributed by atoms with van der Waals surface area (Å²) < 4.78 is 5.21. The van der Waals surface area contributed by atoms with Gasteiger partial charge in [-0.3, -0.25) is 4.79 Å². The van der Waals surface area contributed by atoms with E-state index < -0.39 is 5.97 Å². The van der Waals surface area contributed by atoms with Crippen molar-refractivity contribution in [1.82, 2.24) is 0 Å². The number of hydrogen-bond donors (Lipinski definition) is 1. The number of aliphatic carboxylic acids is 1. The lowest BCUT2D eigenvalue weighted by molar-refractivity contribution is -0.145. The Bertz CT molecular complexity index is 204. The molecule has 3 nitrogen and oxygen atoms in total. The third-order valence-electron chi connectivity index (χ3n) is 2.15. The number of ether oxygens (including phenoxy) is 1. The second kappa shape index (κ2) is 4.13. The molecule has 12 heavy (non-hydrogen) atoms. The fourth-order valence-electron chi connectivity index (χ4n) is 1.56. The van der Waals surface area contributed by atoms with Gasteiger partial charge in [0.1, 0.15) is 6.61 Å². The SMILES string of the molecule is C#CCO[C@H]1CCC[C@@H]1C(=O)O. The van der Waals surface area contributed by atoms with Crippen LogP contribution in [0.3, 0.4) is 0 Å². The average molecular weight is 168 g/mol. The number of rotatable bonds is 3. The van der Waals surface area contributed by atoms with Crippen LogP contribution in [-0.4, -0.2) is 23.8 Å². The zero-order chi connectivity index (χ0) is 8.97. The predicted octanol–water partition coefficient (Wildman–Crippen LogP) is 0.889. The van der Waals surface area contributed by atoms with E-state index in [1.165, 1.54) is 0 Å². The summed E-state index contributed by atoms with van der Waals surface area (Å²) in [6.45, 7) is 0.217. The first-order valence-electron chi connectivity index (χ1n) is 4.03. The van der Waals surface area contributed by atoms with E-state index in [0.29, 0.717) is 6.42 Å². The van der Waals surface area contributed by atoms with Gasteiger partial charge in [0.25, 0.3) is 0 Å². The molecule has 0 aliphatic heterocycles. The summed E-state index contributed by atoms with van der Waals surface area (Å²) in [5.41, 5.74) is 0. The smallest absolute Gasteiger partial charge is 0.309 e. The van der Waals surface area contributed by atoms with Crippen LogP contribution in [0.2, 0.25) is 0 Å². The number of carboxylic acid groups (broad SMARTS) is 1. The summed E-state index contributed by atoms with van der Waals surface area (Å²) in [7, 11) is 0. The predicted molar refractivity (Wildman–Crippen MR) is 43.5 cm³/mol. The van der Waals surface area contributed by atoms with Crippen LogP contribution in [-0.2, 0) is 9.53 Å². The van der Waals surface area contributed by atoms with Gasteiger partial charge in [-0.05, 0) is 19.3 Å². The Kier molecular flexibility index (Phi) is 3.12. The quantitative estimate of drug-likeness (QED) is 0.636. The van der Waals surface area contributed by atoms with Crippen LogP contribution in [0.1, 0.15) is 19.3 Å². The van der Waals surface area contributed by atoms with Crippen LogP contribution in [0, 0.1) is 18.3 Å². The van der Waals surface area contributed by atoms with Crippen molar-refractivity contribution in [2.75, 3.05) is 6.61 Å². The van der Waals surface area contributed by atoms with Crippen molar-refractivity contribution in [3.05, 3.63) is 0 Å². The first kappa shape index (κ1) is 9.08. The molecule has 0 spiro atoms. The standard InChI is InChI=1S/C9H12O3/c1-2-6-12-8-5-3-4-7(8)9(10)11/h1,7-8H,3-6H2,(H,10,11)/t7-,8-/m0/s1. The Morgan fingerprint density at radius 3 is 3.00 bits per heavy atom. The van der Waals surface area contributed by atoms with Crippen LogP contribution in [0.15, 0.2) is 0 Å². The molecule has 0 amide bonds. The minimum Gasteiger partial charge on any atom is -0.481 e. The highest BCUT2D eigenvalue weighted by atomic mass is 16.5. The molecule has 1 N–H and O–H groups in total. The highest BCUT2D eigenvalue weighted by Gasteiger charge is 2.33. The lowest BCUT2D eigenvalue weighted by Crippen LogP contribution is -2.25.